The van der Waals surface area contributed by atoms with Crippen molar-refractivity contribution >= 4 is 23.0 Å². The maximum Gasteiger partial charge on any atom is 0.228 e. The van der Waals surface area contributed by atoms with Crippen molar-refractivity contribution < 1.29 is 4.79 Å². The van der Waals surface area contributed by atoms with Crippen molar-refractivity contribution in [3.8, 4) is 0 Å². The maximum atomic E-state index is 11.4. The van der Waals surface area contributed by atoms with E-state index < -0.39 is 0 Å². The van der Waals surface area contributed by atoms with Gasteiger partial charge in [0.25, 0.3) is 0 Å². The summed E-state index contributed by atoms with van der Waals surface area (Å²) in [7, 11) is 0. The normalized spacial score (nSPS) is 14.0. The number of nitrogens with one attached hydrogen (secondary N) is 2. The molecule has 116 valence electrons. The van der Waals surface area contributed by atoms with Crippen molar-refractivity contribution in [2.75, 3.05) is 22.9 Å². The summed E-state index contributed by atoms with van der Waals surface area (Å²) in [6, 6.07) is 3.86. The van der Waals surface area contributed by atoms with Gasteiger partial charge in [-0.05, 0) is 29.5 Å². The molecule has 1 aliphatic heterocycles. The highest BCUT2D eigenvalue weighted by Gasteiger charge is 2.21. The monoisotopic (exact) mass is 289 g/mol. The van der Waals surface area contributed by atoms with Crippen LogP contribution in [0.2, 0.25) is 0 Å². The second kappa shape index (κ2) is 6.37. The average Bonchev–Trinajstić information content (AvgIpc) is 2.75. The highest BCUT2D eigenvalue weighted by Crippen LogP contribution is 2.32. The van der Waals surface area contributed by atoms with E-state index in [1.54, 1.807) is 0 Å². The molecular weight excluding hydrogens is 262 g/mol. The van der Waals surface area contributed by atoms with Crippen LogP contribution >= 0.6 is 0 Å². The van der Waals surface area contributed by atoms with Gasteiger partial charge in [0.2, 0.25) is 5.91 Å². The molecule has 0 bridgehead atoms. The van der Waals surface area contributed by atoms with E-state index in [9.17, 15) is 4.79 Å². The summed E-state index contributed by atoms with van der Waals surface area (Å²) in [5.41, 5.74) is 9.84. The van der Waals surface area contributed by atoms with E-state index in [1.165, 1.54) is 25.7 Å². The van der Waals surface area contributed by atoms with Crippen LogP contribution in [-0.4, -0.2) is 12.5 Å². The lowest BCUT2D eigenvalue weighted by molar-refractivity contribution is -0.115. The van der Waals surface area contributed by atoms with E-state index >= 15 is 0 Å². The van der Waals surface area contributed by atoms with Crippen LogP contribution in [0.1, 0.15) is 52.0 Å². The Kier molecular flexibility index (Phi) is 4.76. The highest BCUT2D eigenvalue weighted by atomic mass is 16.1. The fourth-order valence-corrected chi connectivity index (χ4v) is 2.72. The first-order chi connectivity index (χ1) is 9.91. The molecule has 0 spiro atoms. The van der Waals surface area contributed by atoms with Crippen molar-refractivity contribution in [2.45, 2.75) is 52.9 Å². The third-order valence-corrected chi connectivity index (χ3v) is 4.11. The van der Waals surface area contributed by atoms with E-state index in [0.717, 1.165) is 29.2 Å². The van der Waals surface area contributed by atoms with Crippen LogP contribution in [0.25, 0.3) is 0 Å². The number of carbonyl (C=O) groups excluding carboxylic acids is 1. The van der Waals surface area contributed by atoms with Crippen LogP contribution in [0.15, 0.2) is 12.1 Å². The number of fused-ring (bicyclic) bond motifs is 1. The lowest BCUT2D eigenvalue weighted by Crippen LogP contribution is -2.23. The molecule has 1 aromatic carbocycles. The zero-order valence-corrected chi connectivity index (χ0v) is 13.4. The molecule has 4 nitrogen and oxygen atoms in total. The third-order valence-electron chi connectivity index (χ3n) is 4.11. The minimum absolute atomic E-state index is 0.0430. The van der Waals surface area contributed by atoms with Crippen molar-refractivity contribution in [3.05, 3.63) is 17.7 Å². The number of benzene rings is 1. The van der Waals surface area contributed by atoms with E-state index in [0.29, 0.717) is 6.42 Å². The van der Waals surface area contributed by atoms with Crippen molar-refractivity contribution in [2.24, 2.45) is 5.41 Å². The molecule has 4 N–H and O–H groups in total. The topological polar surface area (TPSA) is 67.1 Å². The molecule has 1 aliphatic rings. The molecule has 4 heteroatoms. The predicted octanol–water partition coefficient (Wildman–Crippen LogP) is 3.78. The van der Waals surface area contributed by atoms with Crippen LogP contribution in [0.5, 0.6) is 0 Å². The molecule has 0 radical (unpaired) electrons. The van der Waals surface area contributed by atoms with E-state index in [2.05, 4.69) is 31.4 Å². The van der Waals surface area contributed by atoms with Crippen LogP contribution in [0.3, 0.4) is 0 Å². The number of nitrogens with two attached hydrogens (primary N) is 1. The van der Waals surface area contributed by atoms with Gasteiger partial charge in [-0.1, -0.05) is 40.0 Å². The molecule has 0 saturated carbocycles. The first-order valence-corrected chi connectivity index (χ1v) is 7.87. The molecule has 1 amide bonds. The molecule has 0 unspecified atom stereocenters. The number of unbranched alkanes of at least 4 members (excludes halogenated alkanes) is 2. The second-order valence-electron chi connectivity index (χ2n) is 6.80. The number of anilines is 3. The van der Waals surface area contributed by atoms with Gasteiger partial charge >= 0.3 is 0 Å². The molecule has 0 atom stereocenters. The van der Waals surface area contributed by atoms with E-state index in [4.69, 9.17) is 5.73 Å². The van der Waals surface area contributed by atoms with Gasteiger partial charge in [-0.15, -0.1) is 0 Å². The van der Waals surface area contributed by atoms with Crippen molar-refractivity contribution in [1.29, 1.82) is 0 Å². The Morgan fingerprint density at radius 2 is 2.10 bits per heavy atom. The Balaban J connectivity index is 1.97. The third kappa shape index (κ3) is 4.13. The first kappa shape index (κ1) is 15.7. The largest absolute Gasteiger partial charge is 0.397 e. The Morgan fingerprint density at radius 3 is 2.81 bits per heavy atom. The molecule has 0 fully saturated rings. The number of hydrogen-bond acceptors (Lipinski definition) is 3. The smallest absolute Gasteiger partial charge is 0.228 e. The Hall–Kier alpha value is -1.71. The molecule has 0 aliphatic carbocycles. The van der Waals surface area contributed by atoms with E-state index in [-0.39, 0.29) is 11.3 Å². The van der Waals surface area contributed by atoms with Gasteiger partial charge in [-0.3, -0.25) is 4.79 Å². The lowest BCUT2D eigenvalue weighted by atomic mass is 9.87. The SMILES string of the molecule is CCCCCC(C)(C)CNc1cc2c(cc1N)CC(=O)N2. The number of nitrogen functional groups attached to an aromatic ring is 1. The molecule has 0 aromatic heterocycles. The Labute approximate surface area is 127 Å². The van der Waals surface area contributed by atoms with Gasteiger partial charge in [0.1, 0.15) is 0 Å². The van der Waals surface area contributed by atoms with Crippen LogP contribution < -0.4 is 16.4 Å². The quantitative estimate of drug-likeness (QED) is 0.528. The molecule has 1 aromatic rings. The van der Waals surface area contributed by atoms with Crippen molar-refractivity contribution in [1.82, 2.24) is 0 Å². The van der Waals surface area contributed by atoms with Crippen LogP contribution in [-0.2, 0) is 11.2 Å². The van der Waals surface area contributed by atoms with Gasteiger partial charge in [-0.25, -0.2) is 0 Å². The summed E-state index contributed by atoms with van der Waals surface area (Å²) in [6.45, 7) is 7.67. The summed E-state index contributed by atoms with van der Waals surface area (Å²) in [4.78, 5) is 11.4. The Morgan fingerprint density at radius 1 is 1.33 bits per heavy atom. The summed E-state index contributed by atoms with van der Waals surface area (Å²) in [5, 5.41) is 6.32. The van der Waals surface area contributed by atoms with Gasteiger partial charge in [-0.2, -0.15) is 0 Å². The zero-order valence-electron chi connectivity index (χ0n) is 13.4. The van der Waals surface area contributed by atoms with Gasteiger partial charge in [0.05, 0.1) is 17.8 Å². The summed E-state index contributed by atoms with van der Waals surface area (Å²) < 4.78 is 0. The number of rotatable bonds is 7. The van der Waals surface area contributed by atoms with Gasteiger partial charge in [0.15, 0.2) is 0 Å². The molecule has 21 heavy (non-hydrogen) atoms. The fourth-order valence-electron chi connectivity index (χ4n) is 2.72. The minimum atomic E-state index is 0.0430. The summed E-state index contributed by atoms with van der Waals surface area (Å²) in [6.07, 6.45) is 5.44. The second-order valence-corrected chi connectivity index (χ2v) is 6.80. The number of amides is 1. The summed E-state index contributed by atoms with van der Waals surface area (Å²) >= 11 is 0. The van der Waals surface area contributed by atoms with E-state index in [1.807, 2.05) is 12.1 Å². The summed E-state index contributed by atoms with van der Waals surface area (Å²) in [5.74, 6) is 0.0430. The van der Waals surface area contributed by atoms with Gasteiger partial charge < -0.3 is 16.4 Å². The average molecular weight is 289 g/mol. The minimum Gasteiger partial charge on any atom is -0.397 e. The van der Waals surface area contributed by atoms with Crippen LogP contribution in [0, 0.1) is 5.41 Å². The predicted molar refractivity (Wildman–Crippen MR) is 89.6 cm³/mol. The number of carbonyl (C=O) groups is 1. The fraction of sp³-hybridized carbons (Fsp3) is 0.588. The molecular formula is C17H27N3O. The molecule has 1 heterocycles. The van der Waals surface area contributed by atoms with Crippen LogP contribution in [0.4, 0.5) is 17.1 Å². The standard InChI is InChI=1S/C17H27N3O/c1-4-5-6-7-17(2,3)11-19-15-10-14-12(8-13(15)18)9-16(21)20-14/h8,10,19H,4-7,9,11,18H2,1-3H3,(H,20,21). The molecule has 2 rings (SSSR count). The first-order valence-electron chi connectivity index (χ1n) is 7.87. The maximum absolute atomic E-state index is 11.4. The number of hydrogen-bond donors (Lipinski definition) is 3. The zero-order chi connectivity index (χ0) is 15.5. The highest BCUT2D eigenvalue weighted by molar-refractivity contribution is 6.00. The molecule has 0 saturated heterocycles. The van der Waals surface area contributed by atoms with Gasteiger partial charge in [0, 0.05) is 12.2 Å². The lowest BCUT2D eigenvalue weighted by Gasteiger charge is -2.26. The van der Waals surface area contributed by atoms with Crippen molar-refractivity contribution in [3.63, 3.8) is 0 Å². The Bertz CT molecular complexity index is 523.